The largest absolute Gasteiger partial charge is 0.338 e. The summed E-state index contributed by atoms with van der Waals surface area (Å²) in [6.07, 6.45) is 4.69. The van der Waals surface area contributed by atoms with Crippen LogP contribution in [-0.2, 0) is 11.3 Å². The summed E-state index contributed by atoms with van der Waals surface area (Å²) >= 11 is 3.40. The average molecular weight is 441 g/mol. The average Bonchev–Trinajstić information content (AvgIpc) is 3.32. The van der Waals surface area contributed by atoms with Crippen LogP contribution < -0.4 is 5.32 Å². The molecule has 0 atom stereocenters. The number of carbonyl (C=O) groups is 1. The van der Waals surface area contributed by atoms with Gasteiger partial charge in [0.2, 0.25) is 5.91 Å². The highest BCUT2D eigenvalue weighted by Crippen LogP contribution is 2.25. The van der Waals surface area contributed by atoms with E-state index in [-0.39, 0.29) is 18.1 Å². The first-order valence-corrected chi connectivity index (χ1v) is 8.98. The Bertz CT molecular complexity index is 1190. The minimum Gasteiger partial charge on any atom is -0.338 e. The summed E-state index contributed by atoms with van der Waals surface area (Å²) in [5.74, 6) is -0.240. The fourth-order valence-electron chi connectivity index (χ4n) is 2.92. The zero-order chi connectivity index (χ0) is 19.7. The summed E-state index contributed by atoms with van der Waals surface area (Å²) < 4.78 is 4.11. The number of nitro groups is 1. The quantitative estimate of drug-likeness (QED) is 0.377. The predicted molar refractivity (Wildman–Crippen MR) is 106 cm³/mol. The molecular weight excluding hydrogens is 428 g/mol. The van der Waals surface area contributed by atoms with Crippen molar-refractivity contribution in [3.63, 3.8) is 0 Å². The van der Waals surface area contributed by atoms with E-state index in [9.17, 15) is 14.9 Å². The van der Waals surface area contributed by atoms with Gasteiger partial charge in [0.15, 0.2) is 0 Å². The molecule has 140 valence electrons. The molecule has 1 amide bonds. The van der Waals surface area contributed by atoms with E-state index in [1.54, 1.807) is 40.0 Å². The zero-order valence-corrected chi connectivity index (χ0v) is 15.9. The standard InChI is InChI=1S/C18H13BrN6O3/c19-13-1-3-17(24-11-20-10-21-24)15(8-13)22-18(26)9-23-6-5-12-7-14(25(27)28)2-4-16(12)23/h1-8,10-11H,9H2,(H,22,26). The highest BCUT2D eigenvalue weighted by atomic mass is 79.9. The van der Waals surface area contributed by atoms with E-state index in [0.717, 1.165) is 9.99 Å². The van der Waals surface area contributed by atoms with Crippen LogP contribution in [0, 0.1) is 10.1 Å². The first-order valence-electron chi connectivity index (χ1n) is 8.19. The van der Waals surface area contributed by atoms with Crippen molar-refractivity contribution in [2.45, 2.75) is 6.54 Å². The monoisotopic (exact) mass is 440 g/mol. The van der Waals surface area contributed by atoms with Crippen LogP contribution in [0.3, 0.4) is 0 Å². The Labute approximate surface area is 166 Å². The SMILES string of the molecule is O=C(Cn1ccc2cc([N+](=O)[O-])ccc21)Nc1cc(Br)ccc1-n1cncn1. The van der Waals surface area contributed by atoms with Crippen LogP contribution in [-0.4, -0.2) is 30.2 Å². The number of halogens is 1. The summed E-state index contributed by atoms with van der Waals surface area (Å²) in [4.78, 5) is 27.0. The second-order valence-corrected chi connectivity index (χ2v) is 6.91. The number of amides is 1. The van der Waals surface area contributed by atoms with E-state index in [1.165, 1.54) is 18.5 Å². The number of rotatable bonds is 5. The van der Waals surface area contributed by atoms with Gasteiger partial charge in [-0.1, -0.05) is 15.9 Å². The maximum absolute atomic E-state index is 12.6. The highest BCUT2D eigenvalue weighted by Gasteiger charge is 2.13. The molecule has 0 bridgehead atoms. The molecular formula is C18H13BrN6O3. The molecule has 4 aromatic rings. The first-order chi connectivity index (χ1) is 13.5. The molecule has 2 heterocycles. The molecule has 4 rings (SSSR count). The number of anilines is 1. The molecule has 0 spiro atoms. The summed E-state index contributed by atoms with van der Waals surface area (Å²) in [5, 5.41) is 18.6. The number of nitrogens with one attached hydrogen (secondary N) is 1. The third-order valence-corrected chi connectivity index (χ3v) is 4.67. The van der Waals surface area contributed by atoms with E-state index in [0.29, 0.717) is 16.8 Å². The summed E-state index contributed by atoms with van der Waals surface area (Å²) in [6.45, 7) is 0.0601. The third kappa shape index (κ3) is 3.49. The van der Waals surface area contributed by atoms with Gasteiger partial charge in [0.05, 0.1) is 16.3 Å². The van der Waals surface area contributed by atoms with Crippen molar-refractivity contribution < 1.29 is 9.72 Å². The Morgan fingerprint density at radius 1 is 1.21 bits per heavy atom. The number of fused-ring (bicyclic) bond motifs is 1. The van der Waals surface area contributed by atoms with Gasteiger partial charge in [-0.05, 0) is 30.3 Å². The van der Waals surface area contributed by atoms with Gasteiger partial charge in [-0.2, -0.15) is 5.10 Å². The summed E-state index contributed by atoms with van der Waals surface area (Å²) in [7, 11) is 0. The van der Waals surface area contributed by atoms with Crippen molar-refractivity contribution >= 4 is 44.1 Å². The smallest absolute Gasteiger partial charge is 0.270 e. The number of aromatic nitrogens is 4. The Kier molecular flexibility index (Phi) is 4.62. The molecule has 0 unspecified atom stereocenters. The fraction of sp³-hybridized carbons (Fsp3) is 0.0556. The second kappa shape index (κ2) is 7.24. The van der Waals surface area contributed by atoms with Gasteiger partial charge in [0.1, 0.15) is 19.2 Å². The summed E-state index contributed by atoms with van der Waals surface area (Å²) in [5.41, 5.74) is 2.02. The van der Waals surface area contributed by atoms with Gasteiger partial charge in [0, 0.05) is 33.7 Å². The van der Waals surface area contributed by atoms with Crippen molar-refractivity contribution in [1.29, 1.82) is 0 Å². The molecule has 2 aromatic heterocycles. The van der Waals surface area contributed by atoms with Crippen molar-refractivity contribution in [2.24, 2.45) is 0 Å². The molecule has 0 aliphatic carbocycles. The van der Waals surface area contributed by atoms with E-state index in [1.807, 2.05) is 12.1 Å². The van der Waals surface area contributed by atoms with Crippen LogP contribution >= 0.6 is 15.9 Å². The topological polar surface area (TPSA) is 108 Å². The van der Waals surface area contributed by atoms with E-state index in [2.05, 4.69) is 31.3 Å². The van der Waals surface area contributed by atoms with E-state index < -0.39 is 4.92 Å². The number of hydrogen-bond acceptors (Lipinski definition) is 5. The molecule has 0 aliphatic rings. The van der Waals surface area contributed by atoms with Crippen LogP contribution in [0.1, 0.15) is 0 Å². The number of benzene rings is 2. The molecule has 0 fully saturated rings. The lowest BCUT2D eigenvalue weighted by atomic mass is 10.2. The molecule has 0 radical (unpaired) electrons. The fourth-order valence-corrected chi connectivity index (χ4v) is 3.29. The lowest BCUT2D eigenvalue weighted by Crippen LogP contribution is -2.19. The molecule has 2 aromatic carbocycles. The van der Waals surface area contributed by atoms with Crippen LogP contribution in [0.15, 0.2) is 65.8 Å². The minimum atomic E-state index is -0.442. The van der Waals surface area contributed by atoms with Gasteiger partial charge in [-0.3, -0.25) is 14.9 Å². The van der Waals surface area contributed by atoms with Crippen LogP contribution in [0.2, 0.25) is 0 Å². The molecule has 1 N–H and O–H groups in total. The minimum absolute atomic E-state index is 0.0151. The molecule has 9 nitrogen and oxygen atoms in total. The Hall–Kier alpha value is -3.53. The molecule has 0 saturated carbocycles. The predicted octanol–water partition coefficient (Wildman–Crippen LogP) is 3.53. The van der Waals surface area contributed by atoms with Crippen LogP contribution in [0.5, 0.6) is 0 Å². The Balaban J connectivity index is 1.58. The lowest BCUT2D eigenvalue weighted by Gasteiger charge is -2.12. The van der Waals surface area contributed by atoms with E-state index >= 15 is 0 Å². The summed E-state index contributed by atoms with van der Waals surface area (Å²) in [6, 6.07) is 11.7. The Morgan fingerprint density at radius 3 is 2.82 bits per heavy atom. The normalized spacial score (nSPS) is 10.9. The highest BCUT2D eigenvalue weighted by molar-refractivity contribution is 9.10. The van der Waals surface area contributed by atoms with Gasteiger partial charge in [-0.15, -0.1) is 0 Å². The maximum Gasteiger partial charge on any atom is 0.270 e. The van der Waals surface area contributed by atoms with Gasteiger partial charge >= 0.3 is 0 Å². The molecule has 28 heavy (non-hydrogen) atoms. The first kappa shape index (κ1) is 17.9. The number of non-ortho nitro benzene ring substituents is 1. The van der Waals surface area contributed by atoms with Crippen LogP contribution in [0.25, 0.3) is 16.6 Å². The number of nitrogens with zero attached hydrogens (tertiary/aromatic N) is 5. The van der Waals surface area contributed by atoms with E-state index in [4.69, 9.17) is 0 Å². The lowest BCUT2D eigenvalue weighted by molar-refractivity contribution is -0.384. The molecule has 0 saturated heterocycles. The van der Waals surface area contributed by atoms with Crippen LogP contribution in [0.4, 0.5) is 11.4 Å². The van der Waals surface area contributed by atoms with Gasteiger partial charge < -0.3 is 9.88 Å². The molecule has 10 heteroatoms. The number of carbonyl (C=O) groups excluding carboxylic acids is 1. The van der Waals surface area contributed by atoms with Gasteiger partial charge in [-0.25, -0.2) is 9.67 Å². The third-order valence-electron chi connectivity index (χ3n) is 4.18. The van der Waals surface area contributed by atoms with Crippen molar-refractivity contribution in [3.05, 3.63) is 75.9 Å². The Morgan fingerprint density at radius 2 is 2.07 bits per heavy atom. The van der Waals surface area contributed by atoms with Gasteiger partial charge in [0.25, 0.3) is 5.69 Å². The van der Waals surface area contributed by atoms with Crippen molar-refractivity contribution in [2.75, 3.05) is 5.32 Å². The van der Waals surface area contributed by atoms with Crippen molar-refractivity contribution in [3.8, 4) is 5.69 Å². The maximum atomic E-state index is 12.6. The van der Waals surface area contributed by atoms with Crippen molar-refractivity contribution in [1.82, 2.24) is 19.3 Å². The zero-order valence-electron chi connectivity index (χ0n) is 14.3. The molecule has 0 aliphatic heterocycles. The number of hydrogen-bond donors (Lipinski definition) is 1. The number of nitro benzene ring substituents is 1. The second-order valence-electron chi connectivity index (χ2n) is 5.99.